The minimum Gasteiger partial charge on any atom is -0.265 e. The topological polar surface area (TPSA) is 60.1 Å². The van der Waals surface area contributed by atoms with Gasteiger partial charge in [-0.2, -0.15) is 0 Å². The van der Waals surface area contributed by atoms with Crippen LogP contribution in [-0.4, -0.2) is 26.6 Å². The van der Waals surface area contributed by atoms with Crippen molar-refractivity contribution in [3.05, 3.63) is 46.8 Å². The molecule has 0 fully saturated rings. The number of fused-ring (bicyclic) bond motifs is 1. The molecule has 0 aliphatic carbocycles. The molecule has 1 amide bonds. The first kappa shape index (κ1) is 15.2. The Balaban J connectivity index is 1.98. The molecule has 3 rings (SSSR count). The number of rotatable bonds is 2. The Kier molecular flexibility index (Phi) is 3.61. The minimum absolute atomic E-state index is 0.167. The highest BCUT2D eigenvalue weighted by atomic mass is 16.1. The second kappa shape index (κ2) is 5.47. The maximum absolute atomic E-state index is 12.2. The second-order valence-corrected chi connectivity index (χ2v) is 6.63. The highest BCUT2D eigenvalue weighted by Gasteiger charge is 2.31. The Labute approximate surface area is 135 Å². The SMILES string of the molecule is C#Cc1ccccc1Cn1nnc2c1CC(C(C)(C)C)=NC2=O. The van der Waals surface area contributed by atoms with Gasteiger partial charge in [0.25, 0.3) is 5.91 Å². The summed E-state index contributed by atoms with van der Waals surface area (Å²) in [6.07, 6.45) is 6.13. The highest BCUT2D eigenvalue weighted by molar-refractivity contribution is 6.09. The summed E-state index contributed by atoms with van der Waals surface area (Å²) in [7, 11) is 0. The summed E-state index contributed by atoms with van der Waals surface area (Å²) in [5.74, 6) is 2.37. The molecule has 0 bridgehead atoms. The zero-order chi connectivity index (χ0) is 16.6. The average molecular weight is 306 g/mol. The summed E-state index contributed by atoms with van der Waals surface area (Å²) >= 11 is 0. The van der Waals surface area contributed by atoms with Crippen LogP contribution >= 0.6 is 0 Å². The Hall–Kier alpha value is -2.74. The number of hydrogen-bond acceptors (Lipinski definition) is 3. The Morgan fingerprint density at radius 1 is 1.30 bits per heavy atom. The standard InChI is InChI=1S/C18H18N4O/c1-5-12-8-6-7-9-13(12)11-22-14-10-15(18(2,3)4)19-17(23)16(14)20-21-22/h1,6-9H,10-11H2,2-4H3. The number of benzene rings is 1. The van der Waals surface area contributed by atoms with Gasteiger partial charge in [0.15, 0.2) is 5.69 Å². The lowest BCUT2D eigenvalue weighted by Crippen LogP contribution is -2.29. The third-order valence-corrected chi connectivity index (χ3v) is 3.97. The van der Waals surface area contributed by atoms with E-state index in [0.29, 0.717) is 18.7 Å². The van der Waals surface area contributed by atoms with Gasteiger partial charge in [0.1, 0.15) is 0 Å². The van der Waals surface area contributed by atoms with E-state index in [1.807, 2.05) is 45.0 Å². The highest BCUT2D eigenvalue weighted by Crippen LogP contribution is 2.25. The monoisotopic (exact) mass is 306 g/mol. The largest absolute Gasteiger partial charge is 0.299 e. The zero-order valence-electron chi connectivity index (χ0n) is 13.5. The summed E-state index contributed by atoms with van der Waals surface area (Å²) < 4.78 is 1.75. The van der Waals surface area contributed by atoms with Crippen LogP contribution in [0.3, 0.4) is 0 Å². The third-order valence-electron chi connectivity index (χ3n) is 3.97. The molecule has 0 saturated carbocycles. The van der Waals surface area contributed by atoms with Crippen LogP contribution in [0.4, 0.5) is 0 Å². The van der Waals surface area contributed by atoms with Crippen molar-refractivity contribution in [2.24, 2.45) is 10.4 Å². The fourth-order valence-electron chi connectivity index (χ4n) is 2.57. The smallest absolute Gasteiger partial charge is 0.265 e. The number of hydrogen-bond donors (Lipinski definition) is 0. The van der Waals surface area contributed by atoms with Crippen LogP contribution in [0.2, 0.25) is 0 Å². The summed E-state index contributed by atoms with van der Waals surface area (Å²) in [4.78, 5) is 16.4. The second-order valence-electron chi connectivity index (χ2n) is 6.63. The van der Waals surface area contributed by atoms with E-state index in [0.717, 1.165) is 22.5 Å². The molecule has 116 valence electrons. The summed E-state index contributed by atoms with van der Waals surface area (Å²) in [6, 6.07) is 7.70. The van der Waals surface area contributed by atoms with E-state index in [1.54, 1.807) is 4.68 Å². The number of terminal acetylenes is 1. The first-order valence-corrected chi connectivity index (χ1v) is 7.49. The fraction of sp³-hybridized carbons (Fsp3) is 0.333. The Bertz CT molecular complexity index is 847. The van der Waals surface area contributed by atoms with E-state index in [-0.39, 0.29) is 11.3 Å². The number of amides is 1. The summed E-state index contributed by atoms with van der Waals surface area (Å²) in [5.41, 5.74) is 3.64. The molecule has 23 heavy (non-hydrogen) atoms. The molecular weight excluding hydrogens is 288 g/mol. The van der Waals surface area contributed by atoms with Crippen LogP contribution in [-0.2, 0) is 13.0 Å². The maximum atomic E-state index is 12.2. The number of aliphatic imine (C=N–C) groups is 1. The molecule has 1 aliphatic rings. The van der Waals surface area contributed by atoms with Crippen molar-refractivity contribution < 1.29 is 4.79 Å². The quantitative estimate of drug-likeness (QED) is 0.801. The molecular formula is C18H18N4O. The fourth-order valence-corrected chi connectivity index (χ4v) is 2.57. The van der Waals surface area contributed by atoms with Crippen molar-refractivity contribution in [3.8, 4) is 12.3 Å². The first-order chi connectivity index (χ1) is 10.9. The summed E-state index contributed by atoms with van der Waals surface area (Å²) in [5, 5.41) is 8.15. The van der Waals surface area contributed by atoms with Gasteiger partial charge in [-0.15, -0.1) is 11.5 Å². The van der Waals surface area contributed by atoms with Crippen molar-refractivity contribution in [2.45, 2.75) is 33.7 Å². The van der Waals surface area contributed by atoms with Crippen molar-refractivity contribution in [2.75, 3.05) is 0 Å². The lowest BCUT2D eigenvalue weighted by atomic mass is 9.85. The van der Waals surface area contributed by atoms with Crippen LogP contribution in [0.25, 0.3) is 0 Å². The summed E-state index contributed by atoms with van der Waals surface area (Å²) in [6.45, 7) is 6.64. The molecule has 0 spiro atoms. The molecule has 2 heterocycles. The molecule has 1 aromatic carbocycles. The van der Waals surface area contributed by atoms with Crippen molar-refractivity contribution in [3.63, 3.8) is 0 Å². The lowest BCUT2D eigenvalue weighted by molar-refractivity contribution is 0.0993. The van der Waals surface area contributed by atoms with Crippen LogP contribution in [0.1, 0.15) is 48.1 Å². The van der Waals surface area contributed by atoms with Crippen LogP contribution < -0.4 is 0 Å². The molecule has 0 atom stereocenters. The maximum Gasteiger partial charge on any atom is 0.299 e. The van der Waals surface area contributed by atoms with Gasteiger partial charge in [0.05, 0.1) is 12.2 Å². The van der Waals surface area contributed by atoms with Crippen molar-refractivity contribution in [1.29, 1.82) is 0 Å². The van der Waals surface area contributed by atoms with Gasteiger partial charge < -0.3 is 0 Å². The molecule has 2 aromatic rings. The molecule has 5 heteroatoms. The average Bonchev–Trinajstić information content (AvgIpc) is 2.91. The predicted octanol–water partition coefficient (Wildman–Crippen LogP) is 2.49. The molecule has 0 unspecified atom stereocenters. The lowest BCUT2D eigenvalue weighted by Gasteiger charge is -2.24. The van der Waals surface area contributed by atoms with E-state index < -0.39 is 0 Å². The Morgan fingerprint density at radius 3 is 2.74 bits per heavy atom. The van der Waals surface area contributed by atoms with Crippen LogP contribution in [0.15, 0.2) is 29.3 Å². The van der Waals surface area contributed by atoms with Gasteiger partial charge in [-0.3, -0.25) is 4.79 Å². The van der Waals surface area contributed by atoms with Crippen LogP contribution in [0.5, 0.6) is 0 Å². The number of nitrogens with zero attached hydrogens (tertiary/aromatic N) is 4. The molecule has 5 nitrogen and oxygen atoms in total. The first-order valence-electron chi connectivity index (χ1n) is 7.49. The normalized spacial score (nSPS) is 14.2. The number of carbonyl (C=O) groups excluding carboxylic acids is 1. The van der Waals surface area contributed by atoms with Crippen LogP contribution in [0, 0.1) is 17.8 Å². The molecule has 1 aromatic heterocycles. The molecule has 1 aliphatic heterocycles. The zero-order valence-corrected chi connectivity index (χ0v) is 13.5. The Morgan fingerprint density at radius 2 is 2.04 bits per heavy atom. The van der Waals surface area contributed by atoms with Crippen molar-refractivity contribution in [1.82, 2.24) is 15.0 Å². The van der Waals surface area contributed by atoms with E-state index in [2.05, 4.69) is 21.2 Å². The van der Waals surface area contributed by atoms with Crippen molar-refractivity contribution >= 4 is 11.6 Å². The molecule has 0 saturated heterocycles. The van der Waals surface area contributed by atoms with Gasteiger partial charge >= 0.3 is 0 Å². The number of carbonyl (C=O) groups is 1. The van der Waals surface area contributed by atoms with Gasteiger partial charge in [-0.25, -0.2) is 9.67 Å². The van der Waals surface area contributed by atoms with E-state index >= 15 is 0 Å². The van der Waals surface area contributed by atoms with Gasteiger partial charge in [-0.05, 0) is 11.6 Å². The minimum atomic E-state index is -0.312. The van der Waals surface area contributed by atoms with Gasteiger partial charge in [0.2, 0.25) is 0 Å². The van der Waals surface area contributed by atoms with E-state index in [4.69, 9.17) is 6.42 Å². The molecule has 0 radical (unpaired) electrons. The third kappa shape index (κ3) is 2.80. The van der Waals surface area contributed by atoms with Gasteiger partial charge in [0, 0.05) is 23.1 Å². The predicted molar refractivity (Wildman–Crippen MR) is 88.4 cm³/mol. The van der Waals surface area contributed by atoms with E-state index in [1.165, 1.54) is 0 Å². The van der Waals surface area contributed by atoms with Gasteiger partial charge in [-0.1, -0.05) is 50.1 Å². The molecule has 0 N–H and O–H groups in total. The number of aromatic nitrogens is 3. The van der Waals surface area contributed by atoms with E-state index in [9.17, 15) is 4.79 Å².